The van der Waals surface area contributed by atoms with Crippen LogP contribution in [0.15, 0.2) is 22.7 Å². The summed E-state index contributed by atoms with van der Waals surface area (Å²) in [6.45, 7) is 2.50. The van der Waals surface area contributed by atoms with Gasteiger partial charge in [0.1, 0.15) is 5.75 Å². The van der Waals surface area contributed by atoms with E-state index in [2.05, 4.69) is 15.9 Å². The third kappa shape index (κ3) is 3.32. The number of Topliss-reactive ketones (excluding diaryl/α,β-unsaturated/α-hetero) is 1. The number of rotatable bonds is 5. The van der Waals surface area contributed by atoms with Crippen LogP contribution in [-0.4, -0.2) is 19.4 Å². The lowest BCUT2D eigenvalue weighted by molar-refractivity contribution is 0.0966. The Bertz CT molecular complexity index is 379. The minimum atomic E-state index is 0.112. The first-order chi connectivity index (χ1) is 7.58. The predicted octanol–water partition coefficient (Wildman–Crippen LogP) is 2.63. The van der Waals surface area contributed by atoms with E-state index < -0.39 is 0 Å². The number of ketones is 1. The molecule has 1 aromatic carbocycles. The van der Waals surface area contributed by atoms with Gasteiger partial charge >= 0.3 is 0 Å². The monoisotopic (exact) mass is 285 g/mol. The molecule has 0 aliphatic carbocycles. The molecule has 0 fully saturated rings. The molecule has 88 valence electrons. The number of ether oxygens (including phenoxy) is 1. The van der Waals surface area contributed by atoms with Crippen molar-refractivity contribution in [2.75, 3.05) is 13.7 Å². The van der Waals surface area contributed by atoms with Gasteiger partial charge in [-0.2, -0.15) is 0 Å². The second kappa shape index (κ2) is 6.01. The molecule has 2 N–H and O–H groups in total. The van der Waals surface area contributed by atoms with Crippen molar-refractivity contribution in [2.45, 2.75) is 13.3 Å². The largest absolute Gasteiger partial charge is 0.496 e. The van der Waals surface area contributed by atoms with Crippen molar-refractivity contribution in [3.8, 4) is 5.75 Å². The Morgan fingerprint density at radius 2 is 2.25 bits per heavy atom. The molecule has 0 aromatic heterocycles. The van der Waals surface area contributed by atoms with Gasteiger partial charge in [0.2, 0.25) is 0 Å². The van der Waals surface area contributed by atoms with E-state index in [0.29, 0.717) is 18.5 Å². The van der Waals surface area contributed by atoms with Gasteiger partial charge in [-0.1, -0.05) is 6.92 Å². The van der Waals surface area contributed by atoms with Crippen LogP contribution in [-0.2, 0) is 0 Å². The van der Waals surface area contributed by atoms with E-state index in [1.807, 2.05) is 6.92 Å². The van der Waals surface area contributed by atoms with Gasteiger partial charge in [-0.3, -0.25) is 4.79 Å². The molecule has 0 heterocycles. The smallest absolute Gasteiger partial charge is 0.163 e. The van der Waals surface area contributed by atoms with Crippen LogP contribution in [0.3, 0.4) is 0 Å². The topological polar surface area (TPSA) is 52.3 Å². The lowest BCUT2D eigenvalue weighted by atomic mass is 10.00. The molecule has 0 bridgehead atoms. The van der Waals surface area contributed by atoms with Gasteiger partial charge in [-0.25, -0.2) is 0 Å². The van der Waals surface area contributed by atoms with Crippen LogP contribution >= 0.6 is 15.9 Å². The zero-order valence-electron chi connectivity index (χ0n) is 9.50. The summed E-state index contributed by atoms with van der Waals surface area (Å²) in [6.07, 6.45) is 0.481. The average Bonchev–Trinajstić information content (AvgIpc) is 2.28. The summed E-state index contributed by atoms with van der Waals surface area (Å²) in [7, 11) is 1.60. The van der Waals surface area contributed by atoms with E-state index in [1.54, 1.807) is 25.3 Å². The molecule has 4 heteroatoms. The minimum Gasteiger partial charge on any atom is -0.496 e. The number of methoxy groups -OCH3 is 1. The fourth-order valence-electron chi connectivity index (χ4n) is 1.36. The van der Waals surface area contributed by atoms with E-state index in [1.165, 1.54) is 0 Å². The van der Waals surface area contributed by atoms with Gasteiger partial charge in [0.05, 0.1) is 11.6 Å². The Hall–Kier alpha value is -0.870. The Labute approximate surface area is 104 Å². The summed E-state index contributed by atoms with van der Waals surface area (Å²) in [4.78, 5) is 11.8. The molecule has 0 amide bonds. The van der Waals surface area contributed by atoms with Crippen molar-refractivity contribution >= 4 is 21.7 Å². The first-order valence-corrected chi connectivity index (χ1v) is 5.94. The van der Waals surface area contributed by atoms with Crippen LogP contribution < -0.4 is 10.5 Å². The maximum absolute atomic E-state index is 11.8. The zero-order chi connectivity index (χ0) is 12.1. The minimum absolute atomic E-state index is 0.112. The molecule has 0 aliphatic rings. The van der Waals surface area contributed by atoms with E-state index in [4.69, 9.17) is 10.5 Å². The number of halogens is 1. The van der Waals surface area contributed by atoms with Crippen molar-refractivity contribution in [1.82, 2.24) is 0 Å². The van der Waals surface area contributed by atoms with Crippen LogP contribution in [0.2, 0.25) is 0 Å². The third-order valence-electron chi connectivity index (χ3n) is 2.41. The number of carbonyl (C=O) groups is 1. The number of hydrogen-bond acceptors (Lipinski definition) is 3. The van der Waals surface area contributed by atoms with Gasteiger partial charge in [-0.05, 0) is 46.6 Å². The first kappa shape index (κ1) is 13.2. The van der Waals surface area contributed by atoms with Crippen molar-refractivity contribution in [3.05, 3.63) is 28.2 Å². The second-order valence-corrected chi connectivity index (χ2v) is 4.67. The Balaban J connectivity index is 2.81. The Morgan fingerprint density at radius 1 is 1.56 bits per heavy atom. The SMILES string of the molecule is COc1ccc(C(=O)CC(C)CN)cc1Br. The lowest BCUT2D eigenvalue weighted by Crippen LogP contribution is -2.15. The van der Waals surface area contributed by atoms with Gasteiger partial charge in [-0.15, -0.1) is 0 Å². The average molecular weight is 286 g/mol. The van der Waals surface area contributed by atoms with E-state index in [9.17, 15) is 4.79 Å². The van der Waals surface area contributed by atoms with E-state index in [0.717, 1.165) is 10.2 Å². The number of benzene rings is 1. The molecule has 1 rings (SSSR count). The van der Waals surface area contributed by atoms with Crippen LogP contribution in [0, 0.1) is 5.92 Å². The zero-order valence-corrected chi connectivity index (χ0v) is 11.1. The molecule has 0 saturated heterocycles. The molecule has 1 atom stereocenters. The summed E-state index contributed by atoms with van der Waals surface area (Å²) in [6, 6.07) is 5.34. The summed E-state index contributed by atoms with van der Waals surface area (Å²) < 4.78 is 5.90. The van der Waals surface area contributed by atoms with E-state index in [-0.39, 0.29) is 11.7 Å². The predicted molar refractivity (Wildman–Crippen MR) is 67.9 cm³/mol. The third-order valence-corrected chi connectivity index (χ3v) is 3.03. The highest BCUT2D eigenvalue weighted by molar-refractivity contribution is 9.10. The standard InChI is InChI=1S/C12H16BrNO2/c1-8(7-14)5-11(15)9-3-4-12(16-2)10(13)6-9/h3-4,6,8H,5,7,14H2,1-2H3. The summed E-state index contributed by atoms with van der Waals surface area (Å²) in [5, 5.41) is 0. The Morgan fingerprint density at radius 3 is 2.75 bits per heavy atom. The van der Waals surface area contributed by atoms with Crippen molar-refractivity contribution in [3.63, 3.8) is 0 Å². The highest BCUT2D eigenvalue weighted by Gasteiger charge is 2.11. The van der Waals surface area contributed by atoms with Crippen LogP contribution in [0.25, 0.3) is 0 Å². The highest BCUT2D eigenvalue weighted by atomic mass is 79.9. The van der Waals surface area contributed by atoms with Crippen LogP contribution in [0.5, 0.6) is 5.75 Å². The molecule has 0 aliphatic heterocycles. The van der Waals surface area contributed by atoms with Gasteiger partial charge in [0, 0.05) is 12.0 Å². The number of nitrogens with two attached hydrogens (primary N) is 1. The quantitative estimate of drug-likeness (QED) is 0.846. The van der Waals surface area contributed by atoms with Crippen LogP contribution in [0.4, 0.5) is 0 Å². The van der Waals surface area contributed by atoms with Gasteiger partial charge in [0.15, 0.2) is 5.78 Å². The molecule has 0 radical (unpaired) electrons. The fraction of sp³-hybridized carbons (Fsp3) is 0.417. The molecular formula is C12H16BrNO2. The number of carbonyl (C=O) groups excluding carboxylic acids is 1. The summed E-state index contributed by atoms with van der Waals surface area (Å²) in [5.74, 6) is 1.05. The van der Waals surface area contributed by atoms with Crippen molar-refractivity contribution < 1.29 is 9.53 Å². The highest BCUT2D eigenvalue weighted by Crippen LogP contribution is 2.26. The van der Waals surface area contributed by atoms with E-state index >= 15 is 0 Å². The van der Waals surface area contributed by atoms with Crippen molar-refractivity contribution in [2.24, 2.45) is 11.7 Å². The molecule has 0 spiro atoms. The fourth-order valence-corrected chi connectivity index (χ4v) is 1.90. The Kier molecular flexibility index (Phi) is 4.96. The molecular weight excluding hydrogens is 270 g/mol. The molecule has 1 unspecified atom stereocenters. The molecule has 1 aromatic rings. The second-order valence-electron chi connectivity index (χ2n) is 3.82. The maximum Gasteiger partial charge on any atom is 0.163 e. The number of hydrogen-bond donors (Lipinski definition) is 1. The normalized spacial score (nSPS) is 12.2. The van der Waals surface area contributed by atoms with Crippen LogP contribution in [0.1, 0.15) is 23.7 Å². The van der Waals surface area contributed by atoms with Gasteiger partial charge < -0.3 is 10.5 Å². The summed E-state index contributed by atoms with van der Waals surface area (Å²) >= 11 is 3.36. The van der Waals surface area contributed by atoms with Gasteiger partial charge in [0.25, 0.3) is 0 Å². The maximum atomic E-state index is 11.8. The molecule has 0 saturated carbocycles. The molecule has 16 heavy (non-hydrogen) atoms. The van der Waals surface area contributed by atoms with Crippen molar-refractivity contribution in [1.29, 1.82) is 0 Å². The first-order valence-electron chi connectivity index (χ1n) is 5.15. The lowest BCUT2D eigenvalue weighted by Gasteiger charge is -2.08. The summed E-state index contributed by atoms with van der Waals surface area (Å²) in [5.41, 5.74) is 6.18. The molecule has 3 nitrogen and oxygen atoms in total.